The Morgan fingerprint density at radius 1 is 1.33 bits per heavy atom. The molecule has 2 aliphatic heterocycles. The first-order valence-corrected chi connectivity index (χ1v) is 8.04. The highest BCUT2D eigenvalue weighted by Gasteiger charge is 2.38. The second-order valence-electron chi connectivity index (χ2n) is 6.05. The summed E-state index contributed by atoms with van der Waals surface area (Å²) in [6.07, 6.45) is 0. The molecule has 0 aromatic heterocycles. The summed E-state index contributed by atoms with van der Waals surface area (Å²) < 4.78 is 0. The van der Waals surface area contributed by atoms with Gasteiger partial charge in [0.25, 0.3) is 11.6 Å². The molecule has 8 nitrogen and oxygen atoms in total. The highest BCUT2D eigenvalue weighted by molar-refractivity contribution is 6.34. The van der Waals surface area contributed by atoms with Gasteiger partial charge in [0.1, 0.15) is 5.56 Å². The van der Waals surface area contributed by atoms with Gasteiger partial charge in [-0.15, -0.1) is 0 Å². The van der Waals surface area contributed by atoms with Crippen molar-refractivity contribution in [1.82, 2.24) is 15.5 Å². The zero-order chi connectivity index (χ0) is 17.3. The Bertz CT molecular complexity index is 684. The third-order valence-corrected chi connectivity index (χ3v) is 4.87. The number of likely N-dealkylation sites (tertiary alicyclic amines) is 1. The van der Waals surface area contributed by atoms with Crippen molar-refractivity contribution in [2.75, 3.05) is 32.7 Å². The molecular weight excluding hydrogens is 336 g/mol. The van der Waals surface area contributed by atoms with E-state index in [1.165, 1.54) is 18.2 Å². The van der Waals surface area contributed by atoms with E-state index in [1.807, 2.05) is 0 Å². The Balaban J connectivity index is 1.62. The third kappa shape index (κ3) is 3.20. The van der Waals surface area contributed by atoms with E-state index in [0.29, 0.717) is 24.9 Å². The first kappa shape index (κ1) is 16.7. The Morgan fingerprint density at radius 3 is 2.62 bits per heavy atom. The van der Waals surface area contributed by atoms with E-state index in [2.05, 4.69) is 10.6 Å². The zero-order valence-electron chi connectivity index (χ0n) is 12.8. The second-order valence-corrected chi connectivity index (χ2v) is 6.46. The van der Waals surface area contributed by atoms with E-state index in [9.17, 15) is 19.7 Å². The number of hydrogen-bond donors (Lipinski definition) is 2. The quantitative estimate of drug-likeness (QED) is 0.611. The maximum absolute atomic E-state index is 12.2. The lowest BCUT2D eigenvalue weighted by Gasteiger charge is -2.17. The molecular formula is C15H17ClN4O4. The Labute approximate surface area is 143 Å². The Morgan fingerprint density at radius 2 is 2.00 bits per heavy atom. The normalized spacial score (nSPS) is 22.3. The van der Waals surface area contributed by atoms with Gasteiger partial charge in [0.2, 0.25) is 5.91 Å². The van der Waals surface area contributed by atoms with Crippen LogP contribution in [0, 0.1) is 22.0 Å². The van der Waals surface area contributed by atoms with Gasteiger partial charge in [-0.2, -0.15) is 0 Å². The van der Waals surface area contributed by atoms with Crippen LogP contribution in [-0.4, -0.2) is 54.4 Å². The molecule has 9 heteroatoms. The van der Waals surface area contributed by atoms with Crippen molar-refractivity contribution in [2.45, 2.75) is 0 Å². The van der Waals surface area contributed by atoms with E-state index < -0.39 is 10.8 Å². The number of carbonyl (C=O) groups excluding carboxylic acids is 2. The van der Waals surface area contributed by atoms with Gasteiger partial charge in [0.15, 0.2) is 0 Å². The SMILES string of the molecule is O=C(NCC(=O)N1C[C@H]2CNC[C@H]2C1)c1c(Cl)cccc1[N+](=O)[O-]. The average Bonchev–Trinajstić information content (AvgIpc) is 3.13. The summed E-state index contributed by atoms with van der Waals surface area (Å²) in [4.78, 5) is 36.6. The van der Waals surface area contributed by atoms with Gasteiger partial charge < -0.3 is 15.5 Å². The van der Waals surface area contributed by atoms with Gasteiger partial charge in [-0.1, -0.05) is 17.7 Å². The molecule has 3 rings (SSSR count). The highest BCUT2D eigenvalue weighted by Crippen LogP contribution is 2.27. The van der Waals surface area contributed by atoms with Crippen molar-refractivity contribution in [3.63, 3.8) is 0 Å². The Hall–Kier alpha value is -2.19. The number of benzene rings is 1. The monoisotopic (exact) mass is 352 g/mol. The van der Waals surface area contributed by atoms with Crippen LogP contribution in [0.15, 0.2) is 18.2 Å². The van der Waals surface area contributed by atoms with Crippen molar-refractivity contribution in [3.05, 3.63) is 38.9 Å². The maximum atomic E-state index is 12.2. The lowest BCUT2D eigenvalue weighted by molar-refractivity contribution is -0.385. The molecule has 128 valence electrons. The molecule has 1 aromatic carbocycles. The molecule has 0 unspecified atom stereocenters. The van der Waals surface area contributed by atoms with Crippen molar-refractivity contribution in [3.8, 4) is 0 Å². The van der Waals surface area contributed by atoms with E-state index in [4.69, 9.17) is 11.6 Å². The molecule has 0 spiro atoms. The van der Waals surface area contributed by atoms with Crippen LogP contribution in [0.25, 0.3) is 0 Å². The van der Waals surface area contributed by atoms with E-state index in [-0.39, 0.29) is 28.7 Å². The molecule has 0 aliphatic carbocycles. The fraction of sp³-hybridized carbons (Fsp3) is 0.467. The van der Waals surface area contributed by atoms with Crippen LogP contribution >= 0.6 is 11.6 Å². The van der Waals surface area contributed by atoms with E-state index in [1.54, 1.807) is 4.90 Å². The summed E-state index contributed by atoms with van der Waals surface area (Å²) in [5.74, 6) is 0.0257. The largest absolute Gasteiger partial charge is 0.343 e. The van der Waals surface area contributed by atoms with Crippen molar-refractivity contribution in [1.29, 1.82) is 0 Å². The molecule has 2 amide bonds. The van der Waals surface area contributed by atoms with Gasteiger partial charge >= 0.3 is 0 Å². The number of amides is 2. The minimum Gasteiger partial charge on any atom is -0.343 e. The van der Waals surface area contributed by atoms with Crippen LogP contribution in [-0.2, 0) is 4.79 Å². The van der Waals surface area contributed by atoms with Crippen LogP contribution in [0.1, 0.15) is 10.4 Å². The lowest BCUT2D eigenvalue weighted by Crippen LogP contribution is -2.40. The molecule has 2 heterocycles. The maximum Gasteiger partial charge on any atom is 0.283 e. The van der Waals surface area contributed by atoms with Crippen LogP contribution in [0.4, 0.5) is 5.69 Å². The van der Waals surface area contributed by atoms with Gasteiger partial charge in [0, 0.05) is 32.2 Å². The van der Waals surface area contributed by atoms with E-state index >= 15 is 0 Å². The van der Waals surface area contributed by atoms with Gasteiger partial charge in [-0.3, -0.25) is 19.7 Å². The second kappa shape index (κ2) is 6.74. The van der Waals surface area contributed by atoms with Crippen LogP contribution in [0.5, 0.6) is 0 Å². The number of nitro groups is 1. The molecule has 24 heavy (non-hydrogen) atoms. The van der Waals surface area contributed by atoms with Crippen molar-refractivity contribution < 1.29 is 14.5 Å². The number of nitrogens with one attached hydrogen (secondary N) is 2. The van der Waals surface area contributed by atoms with Crippen molar-refractivity contribution >= 4 is 29.1 Å². The summed E-state index contributed by atoms with van der Waals surface area (Å²) in [6.45, 7) is 2.98. The number of halogens is 1. The Kier molecular flexibility index (Phi) is 4.68. The summed E-state index contributed by atoms with van der Waals surface area (Å²) in [6, 6.07) is 4.01. The van der Waals surface area contributed by atoms with Crippen LogP contribution < -0.4 is 10.6 Å². The highest BCUT2D eigenvalue weighted by atomic mass is 35.5. The van der Waals surface area contributed by atoms with Gasteiger partial charge in [0.05, 0.1) is 16.5 Å². The first-order valence-electron chi connectivity index (χ1n) is 7.67. The number of nitro benzene ring substituents is 1. The van der Waals surface area contributed by atoms with E-state index in [0.717, 1.165) is 13.1 Å². The molecule has 0 bridgehead atoms. The molecule has 2 saturated heterocycles. The van der Waals surface area contributed by atoms with Gasteiger partial charge in [-0.25, -0.2) is 0 Å². The molecule has 1 aromatic rings. The minimum atomic E-state index is -0.721. The molecule has 2 atom stereocenters. The summed E-state index contributed by atoms with van der Waals surface area (Å²) >= 11 is 5.91. The molecule has 0 saturated carbocycles. The molecule has 2 aliphatic rings. The molecule has 0 radical (unpaired) electrons. The number of hydrogen-bond acceptors (Lipinski definition) is 5. The summed E-state index contributed by atoms with van der Waals surface area (Å²) in [7, 11) is 0. The smallest absolute Gasteiger partial charge is 0.283 e. The number of carbonyl (C=O) groups is 2. The summed E-state index contributed by atoms with van der Waals surface area (Å²) in [5, 5.41) is 16.7. The number of rotatable bonds is 4. The standard InChI is InChI=1S/C15H17ClN4O4/c16-11-2-1-3-12(20(23)24)14(11)15(22)18-6-13(21)19-7-9-4-17-5-10(9)8-19/h1-3,9-10,17H,4-8H2,(H,18,22)/t9-,10+. The third-order valence-electron chi connectivity index (χ3n) is 4.56. The van der Waals surface area contributed by atoms with Crippen molar-refractivity contribution in [2.24, 2.45) is 11.8 Å². The number of fused-ring (bicyclic) bond motifs is 1. The first-order chi connectivity index (χ1) is 11.5. The number of nitrogens with zero attached hydrogens (tertiary/aromatic N) is 2. The van der Waals surface area contributed by atoms with Crippen LogP contribution in [0.3, 0.4) is 0 Å². The molecule has 2 N–H and O–H groups in total. The van der Waals surface area contributed by atoms with Crippen LogP contribution in [0.2, 0.25) is 5.02 Å². The fourth-order valence-electron chi connectivity index (χ4n) is 3.30. The minimum absolute atomic E-state index is 0.0177. The van der Waals surface area contributed by atoms with Gasteiger partial charge in [-0.05, 0) is 17.9 Å². The lowest BCUT2D eigenvalue weighted by atomic mass is 10.0. The topological polar surface area (TPSA) is 105 Å². The fourth-order valence-corrected chi connectivity index (χ4v) is 3.56. The predicted octanol–water partition coefficient (Wildman–Crippen LogP) is 0.656. The molecule has 2 fully saturated rings. The zero-order valence-corrected chi connectivity index (χ0v) is 13.6. The summed E-state index contributed by atoms with van der Waals surface area (Å²) in [5.41, 5.74) is -0.603. The average molecular weight is 353 g/mol. The predicted molar refractivity (Wildman–Crippen MR) is 86.9 cm³/mol.